The summed E-state index contributed by atoms with van der Waals surface area (Å²) in [4.78, 5) is 19.7. The van der Waals surface area contributed by atoms with Gasteiger partial charge in [-0.15, -0.1) is 0 Å². The fourth-order valence-corrected chi connectivity index (χ4v) is 3.17. The molecule has 25 heavy (non-hydrogen) atoms. The maximum absolute atomic E-state index is 11.0. The van der Waals surface area contributed by atoms with Crippen LogP contribution in [0, 0.1) is 4.77 Å². The van der Waals surface area contributed by atoms with Gasteiger partial charge in [0.15, 0.2) is 4.77 Å². The average molecular weight is 361 g/mol. The lowest BCUT2D eigenvalue weighted by Gasteiger charge is -2.35. The maximum Gasteiger partial charge on any atom is 0.217 e. The van der Waals surface area contributed by atoms with Crippen LogP contribution in [0.2, 0.25) is 0 Å². The first-order valence-electron chi connectivity index (χ1n) is 8.33. The number of carbonyl (C=O) groups is 1. The minimum Gasteiger partial charge on any atom is -0.370 e. The highest BCUT2D eigenvalue weighted by Gasteiger charge is 2.19. The van der Waals surface area contributed by atoms with Gasteiger partial charge >= 0.3 is 0 Å². The Hall–Kier alpha value is -2.26. The molecule has 2 N–H and O–H groups in total. The number of hydrogen-bond acceptors (Lipinski definition) is 6. The zero-order valence-electron chi connectivity index (χ0n) is 14.3. The van der Waals surface area contributed by atoms with Crippen molar-refractivity contribution in [2.24, 2.45) is 12.8 Å². The second kappa shape index (κ2) is 7.75. The Morgan fingerprint density at radius 3 is 2.56 bits per heavy atom. The summed E-state index contributed by atoms with van der Waals surface area (Å²) in [6, 6.07) is 4.07. The maximum atomic E-state index is 11.0. The summed E-state index contributed by atoms with van der Waals surface area (Å²) < 4.78 is 4.34. The summed E-state index contributed by atoms with van der Waals surface area (Å²) in [7, 11) is 1.88. The van der Waals surface area contributed by atoms with Gasteiger partial charge in [-0.2, -0.15) is 5.10 Å². The van der Waals surface area contributed by atoms with Crippen LogP contribution >= 0.6 is 12.2 Å². The number of hydrogen-bond donors (Lipinski definition) is 1. The second-order valence-corrected chi connectivity index (χ2v) is 6.54. The monoisotopic (exact) mass is 361 g/mol. The van der Waals surface area contributed by atoms with Gasteiger partial charge in [0.2, 0.25) is 5.91 Å². The van der Waals surface area contributed by atoms with Crippen molar-refractivity contribution in [2.45, 2.75) is 19.5 Å². The molecule has 1 aliphatic rings. The summed E-state index contributed by atoms with van der Waals surface area (Å²) in [5.41, 5.74) is 6.43. The minimum absolute atomic E-state index is 0.282. The molecule has 1 aliphatic heterocycles. The van der Waals surface area contributed by atoms with E-state index in [1.807, 2.05) is 40.8 Å². The molecule has 0 spiro atoms. The van der Waals surface area contributed by atoms with Crippen LogP contribution in [0.25, 0.3) is 0 Å². The molecule has 0 aliphatic carbocycles. The molecule has 0 atom stereocenters. The Morgan fingerprint density at radius 2 is 1.92 bits per heavy atom. The van der Waals surface area contributed by atoms with Crippen LogP contribution in [0.5, 0.6) is 0 Å². The van der Waals surface area contributed by atoms with Crippen molar-refractivity contribution in [1.82, 2.24) is 24.2 Å². The highest BCUT2D eigenvalue weighted by atomic mass is 32.1. The van der Waals surface area contributed by atoms with Crippen molar-refractivity contribution in [3.8, 4) is 0 Å². The van der Waals surface area contributed by atoms with Gasteiger partial charge in [-0.3, -0.25) is 14.7 Å². The largest absolute Gasteiger partial charge is 0.370 e. The average Bonchev–Trinajstić information content (AvgIpc) is 2.89. The van der Waals surface area contributed by atoms with Crippen molar-refractivity contribution < 1.29 is 4.79 Å². The van der Waals surface area contributed by atoms with E-state index in [1.165, 1.54) is 5.69 Å². The van der Waals surface area contributed by atoms with Crippen LogP contribution in [-0.2, 0) is 24.9 Å². The van der Waals surface area contributed by atoms with Crippen molar-refractivity contribution in [3.05, 3.63) is 35.1 Å². The van der Waals surface area contributed by atoms with Crippen molar-refractivity contribution in [2.75, 3.05) is 31.1 Å². The molecule has 0 radical (unpaired) electrons. The van der Waals surface area contributed by atoms with Crippen molar-refractivity contribution in [1.29, 1.82) is 0 Å². The van der Waals surface area contributed by atoms with E-state index in [0.29, 0.717) is 17.9 Å². The number of carbonyl (C=O) groups excluding carboxylic acids is 1. The molecule has 1 saturated heterocycles. The zero-order valence-corrected chi connectivity index (χ0v) is 15.2. The number of nitrogens with two attached hydrogens (primary N) is 1. The Balaban J connectivity index is 1.59. The molecule has 3 rings (SSSR count). The summed E-state index contributed by atoms with van der Waals surface area (Å²) in [5.74, 6) is 0.465. The number of amides is 1. The number of nitrogens with zero attached hydrogens (tertiary/aromatic N) is 6. The van der Waals surface area contributed by atoms with E-state index in [4.69, 9.17) is 18.0 Å². The highest BCUT2D eigenvalue weighted by Crippen LogP contribution is 2.15. The van der Waals surface area contributed by atoms with E-state index in [9.17, 15) is 4.79 Å². The van der Waals surface area contributed by atoms with Crippen molar-refractivity contribution >= 4 is 23.8 Å². The van der Waals surface area contributed by atoms with E-state index >= 15 is 0 Å². The summed E-state index contributed by atoms with van der Waals surface area (Å²) >= 11 is 5.47. The molecule has 2 aromatic rings. The molecule has 2 aromatic heterocycles. The predicted molar refractivity (Wildman–Crippen MR) is 97.6 cm³/mol. The second-order valence-electron chi connectivity index (χ2n) is 6.18. The van der Waals surface area contributed by atoms with Crippen LogP contribution < -0.4 is 10.6 Å². The first-order valence-corrected chi connectivity index (χ1v) is 8.74. The molecule has 0 aromatic carbocycles. The van der Waals surface area contributed by atoms with E-state index in [2.05, 4.69) is 19.9 Å². The number of aryl methyl sites for hydroxylation is 1. The molecule has 9 heteroatoms. The van der Waals surface area contributed by atoms with Gasteiger partial charge in [-0.05, 0) is 24.4 Å². The quantitative estimate of drug-likeness (QED) is 0.756. The predicted octanol–water partition coefficient (Wildman–Crippen LogP) is 0.544. The smallest absolute Gasteiger partial charge is 0.217 e. The van der Waals surface area contributed by atoms with Crippen molar-refractivity contribution in [3.63, 3.8) is 0 Å². The molecule has 134 valence electrons. The highest BCUT2D eigenvalue weighted by molar-refractivity contribution is 7.71. The third kappa shape index (κ3) is 4.23. The number of piperazine rings is 1. The van der Waals surface area contributed by atoms with Gasteiger partial charge in [-0.25, -0.2) is 4.68 Å². The van der Waals surface area contributed by atoms with Crippen LogP contribution in [0.1, 0.15) is 12.2 Å². The molecular formula is C16H23N7OS. The van der Waals surface area contributed by atoms with E-state index < -0.39 is 0 Å². The minimum atomic E-state index is -0.326. The molecule has 1 fully saturated rings. The number of pyridine rings is 1. The standard InChI is InChI=1S/C16H23N7OS/c1-20-15(3-2-14(17)24)19-23(16(20)25)12-21-8-10-22(11-9-21)13-4-6-18-7-5-13/h4-7H,2-3,8-12H2,1H3,(H2,17,24). The van der Waals surface area contributed by atoms with Crippen LogP contribution in [0.4, 0.5) is 5.69 Å². The Kier molecular flexibility index (Phi) is 5.44. The number of rotatable bonds is 6. The summed E-state index contributed by atoms with van der Waals surface area (Å²) in [6.07, 6.45) is 4.44. The molecule has 0 unspecified atom stereocenters. The fourth-order valence-electron chi connectivity index (χ4n) is 2.97. The lowest BCUT2D eigenvalue weighted by Crippen LogP contribution is -2.47. The molecule has 3 heterocycles. The van der Waals surface area contributed by atoms with Crippen LogP contribution in [-0.4, -0.2) is 56.3 Å². The Labute approximate surface area is 151 Å². The van der Waals surface area contributed by atoms with E-state index in [0.717, 1.165) is 32.0 Å². The Morgan fingerprint density at radius 1 is 1.24 bits per heavy atom. The number of primary amides is 1. The third-order valence-corrected chi connectivity index (χ3v) is 4.94. The van der Waals surface area contributed by atoms with E-state index in [1.54, 1.807) is 0 Å². The van der Waals surface area contributed by atoms with Crippen LogP contribution in [0.3, 0.4) is 0 Å². The summed E-state index contributed by atoms with van der Waals surface area (Å²) in [6.45, 7) is 4.46. The zero-order chi connectivity index (χ0) is 17.8. The lowest BCUT2D eigenvalue weighted by atomic mass is 10.3. The SMILES string of the molecule is Cn1c(CCC(N)=O)nn(CN2CCN(c3ccncc3)CC2)c1=S. The normalized spacial score (nSPS) is 15.5. The van der Waals surface area contributed by atoms with Gasteiger partial charge in [-0.1, -0.05) is 0 Å². The number of aromatic nitrogens is 4. The van der Waals surface area contributed by atoms with Gasteiger partial charge in [0.1, 0.15) is 5.82 Å². The van der Waals surface area contributed by atoms with Gasteiger partial charge in [0, 0.05) is 64.1 Å². The molecule has 1 amide bonds. The molecular weight excluding hydrogens is 338 g/mol. The van der Waals surface area contributed by atoms with Crippen LogP contribution in [0.15, 0.2) is 24.5 Å². The van der Waals surface area contributed by atoms with Gasteiger partial charge < -0.3 is 15.2 Å². The van der Waals surface area contributed by atoms with E-state index in [-0.39, 0.29) is 12.3 Å². The first kappa shape index (κ1) is 17.6. The summed E-state index contributed by atoms with van der Waals surface area (Å²) in [5, 5.41) is 4.56. The topological polar surface area (TPSA) is 85.2 Å². The third-order valence-electron chi connectivity index (χ3n) is 4.46. The fraction of sp³-hybridized carbons (Fsp3) is 0.500. The van der Waals surface area contributed by atoms with Gasteiger partial charge in [0.05, 0.1) is 6.67 Å². The molecule has 0 bridgehead atoms. The molecule has 0 saturated carbocycles. The molecule has 8 nitrogen and oxygen atoms in total. The van der Waals surface area contributed by atoms with Gasteiger partial charge in [0.25, 0.3) is 0 Å². The first-order chi connectivity index (χ1) is 12.0. The Bertz CT molecular complexity index is 778. The number of anilines is 1. The lowest BCUT2D eigenvalue weighted by molar-refractivity contribution is -0.118.